The summed E-state index contributed by atoms with van der Waals surface area (Å²) in [5.41, 5.74) is 4.09. The first-order chi connectivity index (χ1) is 15.4. The van der Waals surface area contributed by atoms with Gasteiger partial charge in [0, 0.05) is 19.0 Å². The number of hydrogen-bond acceptors (Lipinski definition) is 2. The Hall–Kier alpha value is -3.40. The summed E-state index contributed by atoms with van der Waals surface area (Å²) in [6, 6.07) is 27.0. The number of benzene rings is 3. The van der Waals surface area contributed by atoms with Crippen LogP contribution in [-0.4, -0.2) is 28.8 Å². The highest BCUT2D eigenvalue weighted by molar-refractivity contribution is 5.89. The summed E-state index contributed by atoms with van der Waals surface area (Å²) in [5.74, 6) is -0.180. The number of aryl methyl sites for hydroxylation is 1. The first-order valence-electron chi connectivity index (χ1n) is 11.2. The minimum absolute atomic E-state index is 0.00850. The van der Waals surface area contributed by atoms with Gasteiger partial charge in [-0.25, -0.2) is 0 Å². The van der Waals surface area contributed by atoms with Crippen LogP contribution in [0.1, 0.15) is 36.1 Å². The van der Waals surface area contributed by atoms with E-state index in [9.17, 15) is 9.59 Å². The molecule has 4 nitrogen and oxygen atoms in total. The zero-order valence-corrected chi connectivity index (χ0v) is 19.1. The van der Waals surface area contributed by atoms with Crippen LogP contribution in [0.25, 0.3) is 0 Å². The average Bonchev–Trinajstić information content (AvgIpc) is 2.78. The van der Waals surface area contributed by atoms with Gasteiger partial charge in [0.1, 0.15) is 6.04 Å². The summed E-state index contributed by atoms with van der Waals surface area (Å²) < 4.78 is 0. The Labute approximate surface area is 191 Å². The molecule has 0 aliphatic heterocycles. The molecule has 1 N–H and O–H groups in total. The van der Waals surface area contributed by atoms with E-state index in [0.717, 1.165) is 22.3 Å². The fraction of sp³-hybridized carbons (Fsp3) is 0.286. The van der Waals surface area contributed by atoms with Gasteiger partial charge < -0.3 is 10.2 Å². The predicted molar refractivity (Wildman–Crippen MR) is 129 cm³/mol. The van der Waals surface area contributed by atoms with E-state index in [2.05, 4.69) is 5.32 Å². The molecule has 0 radical (unpaired) electrons. The van der Waals surface area contributed by atoms with Gasteiger partial charge in [-0.15, -0.1) is 0 Å². The number of carbonyl (C=O) groups excluding carboxylic acids is 2. The normalized spacial score (nSPS) is 11.8. The molecule has 0 aliphatic rings. The standard InChI is InChI=1S/C28H32N2O2/c1-21(2)29-28(32)26(18-23-13-6-4-7-14-23)30(20-24-15-8-5-9-16-24)27(31)19-25-17-11-10-12-22(25)3/h4-17,21,26H,18-20H2,1-3H3,(H,29,32)/t26-/m0/s1. The van der Waals surface area contributed by atoms with Gasteiger partial charge in [0.25, 0.3) is 0 Å². The van der Waals surface area contributed by atoms with Gasteiger partial charge in [-0.3, -0.25) is 9.59 Å². The van der Waals surface area contributed by atoms with E-state index >= 15 is 0 Å². The Kier molecular flexibility index (Phi) is 8.20. The van der Waals surface area contributed by atoms with E-state index in [4.69, 9.17) is 0 Å². The third kappa shape index (κ3) is 6.55. The molecule has 0 fully saturated rings. The maximum atomic E-state index is 13.6. The van der Waals surface area contributed by atoms with Crippen molar-refractivity contribution in [1.29, 1.82) is 0 Å². The molecule has 0 bridgehead atoms. The molecule has 4 heteroatoms. The molecule has 0 saturated carbocycles. The number of rotatable bonds is 9. The highest BCUT2D eigenvalue weighted by Gasteiger charge is 2.30. The number of nitrogens with one attached hydrogen (secondary N) is 1. The number of nitrogens with zero attached hydrogens (tertiary/aromatic N) is 1. The molecule has 1 atom stereocenters. The summed E-state index contributed by atoms with van der Waals surface area (Å²) in [6.45, 7) is 6.27. The molecule has 2 amide bonds. The lowest BCUT2D eigenvalue weighted by molar-refractivity contribution is -0.141. The first kappa shape index (κ1) is 23.3. The topological polar surface area (TPSA) is 49.4 Å². The van der Waals surface area contributed by atoms with E-state index in [1.807, 2.05) is 106 Å². The Morgan fingerprint density at radius 1 is 0.812 bits per heavy atom. The first-order valence-corrected chi connectivity index (χ1v) is 11.2. The second-order valence-corrected chi connectivity index (χ2v) is 8.48. The average molecular weight is 429 g/mol. The van der Waals surface area contributed by atoms with Crippen molar-refractivity contribution in [3.8, 4) is 0 Å². The van der Waals surface area contributed by atoms with Gasteiger partial charge in [-0.2, -0.15) is 0 Å². The third-order valence-corrected chi connectivity index (χ3v) is 5.50. The zero-order chi connectivity index (χ0) is 22.9. The lowest BCUT2D eigenvalue weighted by Crippen LogP contribution is -2.52. The SMILES string of the molecule is Cc1ccccc1CC(=O)N(Cc1ccccc1)[C@@H](Cc1ccccc1)C(=O)NC(C)C. The largest absolute Gasteiger partial charge is 0.352 e. The van der Waals surface area contributed by atoms with E-state index < -0.39 is 6.04 Å². The highest BCUT2D eigenvalue weighted by atomic mass is 16.2. The number of carbonyl (C=O) groups is 2. The predicted octanol–water partition coefficient (Wildman–Crippen LogP) is 4.70. The minimum Gasteiger partial charge on any atom is -0.352 e. The van der Waals surface area contributed by atoms with Crippen LogP contribution in [0.4, 0.5) is 0 Å². The lowest BCUT2D eigenvalue weighted by atomic mass is 10.00. The molecular formula is C28H32N2O2. The Morgan fingerprint density at radius 2 is 1.38 bits per heavy atom. The van der Waals surface area contributed by atoms with Gasteiger partial charge in [-0.1, -0.05) is 84.9 Å². The third-order valence-electron chi connectivity index (χ3n) is 5.50. The van der Waals surface area contributed by atoms with Gasteiger partial charge >= 0.3 is 0 Å². The van der Waals surface area contributed by atoms with Crippen LogP contribution >= 0.6 is 0 Å². The van der Waals surface area contributed by atoms with Crippen LogP contribution in [-0.2, 0) is 29.0 Å². The molecular weight excluding hydrogens is 396 g/mol. The summed E-state index contributed by atoms with van der Waals surface area (Å²) in [5, 5.41) is 3.03. The van der Waals surface area contributed by atoms with Crippen LogP contribution in [0.3, 0.4) is 0 Å². The smallest absolute Gasteiger partial charge is 0.243 e. The molecule has 32 heavy (non-hydrogen) atoms. The van der Waals surface area contributed by atoms with Gasteiger partial charge in [0.05, 0.1) is 6.42 Å². The van der Waals surface area contributed by atoms with Crippen molar-refractivity contribution in [2.75, 3.05) is 0 Å². The molecule has 0 heterocycles. The molecule has 0 aliphatic carbocycles. The van der Waals surface area contributed by atoms with Crippen LogP contribution in [0.15, 0.2) is 84.9 Å². The molecule has 0 aromatic heterocycles. The fourth-order valence-corrected chi connectivity index (χ4v) is 3.79. The van der Waals surface area contributed by atoms with E-state index in [0.29, 0.717) is 13.0 Å². The monoisotopic (exact) mass is 428 g/mol. The molecule has 3 aromatic carbocycles. The zero-order valence-electron chi connectivity index (χ0n) is 19.1. The molecule has 0 spiro atoms. The quantitative estimate of drug-likeness (QED) is 0.537. The van der Waals surface area contributed by atoms with Crippen LogP contribution < -0.4 is 5.32 Å². The van der Waals surface area contributed by atoms with E-state index in [1.165, 1.54) is 0 Å². The minimum atomic E-state index is -0.600. The van der Waals surface area contributed by atoms with Crippen LogP contribution in [0.5, 0.6) is 0 Å². The Morgan fingerprint density at radius 3 is 1.97 bits per heavy atom. The number of hydrogen-bond donors (Lipinski definition) is 1. The molecule has 166 valence electrons. The maximum Gasteiger partial charge on any atom is 0.243 e. The van der Waals surface area contributed by atoms with Gasteiger partial charge in [0.15, 0.2) is 0 Å². The second-order valence-electron chi connectivity index (χ2n) is 8.48. The lowest BCUT2D eigenvalue weighted by Gasteiger charge is -2.32. The highest BCUT2D eigenvalue weighted by Crippen LogP contribution is 2.18. The van der Waals surface area contributed by atoms with Crippen molar-refractivity contribution in [2.45, 2.75) is 52.2 Å². The summed E-state index contributed by atoms with van der Waals surface area (Å²) in [4.78, 5) is 28.7. The van der Waals surface area contributed by atoms with Crippen molar-refractivity contribution in [1.82, 2.24) is 10.2 Å². The van der Waals surface area contributed by atoms with E-state index in [-0.39, 0.29) is 24.3 Å². The molecule has 3 aromatic rings. The van der Waals surface area contributed by atoms with Crippen molar-refractivity contribution >= 4 is 11.8 Å². The number of amides is 2. The van der Waals surface area contributed by atoms with E-state index in [1.54, 1.807) is 4.90 Å². The van der Waals surface area contributed by atoms with Crippen molar-refractivity contribution in [3.63, 3.8) is 0 Å². The van der Waals surface area contributed by atoms with Crippen LogP contribution in [0, 0.1) is 6.92 Å². The molecule has 3 rings (SSSR count). The summed E-state index contributed by atoms with van der Waals surface area (Å²) >= 11 is 0. The van der Waals surface area contributed by atoms with Crippen LogP contribution in [0.2, 0.25) is 0 Å². The van der Waals surface area contributed by atoms with Crippen molar-refractivity contribution in [2.24, 2.45) is 0 Å². The molecule has 0 unspecified atom stereocenters. The van der Waals surface area contributed by atoms with Gasteiger partial charge in [0.2, 0.25) is 11.8 Å². The van der Waals surface area contributed by atoms with Crippen molar-refractivity contribution < 1.29 is 9.59 Å². The maximum absolute atomic E-state index is 13.6. The second kappa shape index (κ2) is 11.3. The summed E-state index contributed by atoms with van der Waals surface area (Å²) in [6.07, 6.45) is 0.728. The van der Waals surface area contributed by atoms with Gasteiger partial charge in [-0.05, 0) is 43.0 Å². The summed E-state index contributed by atoms with van der Waals surface area (Å²) in [7, 11) is 0. The van der Waals surface area contributed by atoms with Crippen molar-refractivity contribution in [3.05, 3.63) is 107 Å². The molecule has 0 saturated heterocycles. The Bertz CT molecular complexity index is 1020. The Balaban J connectivity index is 1.96. The fourth-order valence-electron chi connectivity index (χ4n) is 3.79.